The second kappa shape index (κ2) is 13.8. The number of nitrogens with two attached hydrogens (primary N) is 1. The molecule has 1 fully saturated rings. The number of carboxylic acids is 1. The van der Waals surface area contributed by atoms with Crippen LogP contribution < -0.4 is 25.5 Å². The van der Waals surface area contributed by atoms with Crippen molar-refractivity contribution in [1.29, 1.82) is 0 Å². The van der Waals surface area contributed by atoms with Gasteiger partial charge in [0, 0.05) is 38.5 Å². The van der Waals surface area contributed by atoms with Gasteiger partial charge in [-0.15, -0.1) is 0 Å². The van der Waals surface area contributed by atoms with Crippen LogP contribution in [0.15, 0.2) is 18.2 Å². The lowest BCUT2D eigenvalue weighted by Gasteiger charge is -2.31. The average Bonchev–Trinajstić information content (AvgIpc) is 3.20. The summed E-state index contributed by atoms with van der Waals surface area (Å²) in [6.45, 7) is 9.25. The number of fused-ring (bicyclic) bond motifs is 1. The van der Waals surface area contributed by atoms with Crippen LogP contribution in [0.4, 0.5) is 18.0 Å². The smallest absolute Gasteiger partial charge is 0.430 e. The van der Waals surface area contributed by atoms with Crippen molar-refractivity contribution in [1.82, 2.24) is 14.8 Å². The van der Waals surface area contributed by atoms with Gasteiger partial charge in [-0.05, 0) is 32.9 Å². The number of likely N-dealkylation sites (tertiary alicyclic amines) is 1. The van der Waals surface area contributed by atoms with Crippen LogP contribution in [0.25, 0.3) is 11.0 Å². The third kappa shape index (κ3) is 7.73. The topological polar surface area (TPSA) is 143 Å². The number of carbonyl (C=O) groups is 3. The standard InChI is InChI=1S/C22H33N5O4.C2HF3O2/c1-4-24-22(29)25-11-9-16(10-12-25)27-19-13-17(31-15-21(28)30-6-3)7-8-18(19)26(5-2)20(27)14-23;3-2(4,5)1(6)7/h7-8,13,16H,4-6,9-12,14-15,23H2,1-3H3;(H,6,7). The predicted molar refractivity (Wildman–Crippen MR) is 128 cm³/mol. The third-order valence-electron chi connectivity index (χ3n) is 5.92. The lowest BCUT2D eigenvalue weighted by atomic mass is 10.0. The second-order valence-corrected chi connectivity index (χ2v) is 8.32. The van der Waals surface area contributed by atoms with E-state index in [1.165, 1.54) is 0 Å². The molecule has 0 aliphatic carbocycles. The Balaban J connectivity index is 0.000000638. The van der Waals surface area contributed by atoms with Crippen LogP contribution in [0.1, 0.15) is 45.5 Å². The SMILES string of the molecule is CCNC(=O)N1CCC(n2c(CN)[n+](CC)c3ccc(OCC(=O)OCC)cc32)CC1.O=C([O-])C(F)(F)F. The number of hydrogen-bond donors (Lipinski definition) is 2. The van der Waals surface area contributed by atoms with E-state index < -0.39 is 12.1 Å². The minimum atomic E-state index is -5.19. The molecule has 1 aliphatic heterocycles. The predicted octanol–water partition coefficient (Wildman–Crippen LogP) is 1.01. The van der Waals surface area contributed by atoms with Crippen LogP contribution in [-0.2, 0) is 27.4 Å². The maximum absolute atomic E-state index is 12.2. The summed E-state index contributed by atoms with van der Waals surface area (Å²) in [7, 11) is 0. The van der Waals surface area contributed by atoms with Crippen LogP contribution in [-0.4, -0.2) is 66.5 Å². The van der Waals surface area contributed by atoms with E-state index in [2.05, 4.69) is 21.4 Å². The number of nitrogens with one attached hydrogen (secondary N) is 1. The summed E-state index contributed by atoms with van der Waals surface area (Å²) in [5.41, 5.74) is 8.28. The van der Waals surface area contributed by atoms with E-state index in [4.69, 9.17) is 25.1 Å². The third-order valence-corrected chi connectivity index (χ3v) is 5.92. The van der Waals surface area contributed by atoms with Crippen LogP contribution in [0.3, 0.4) is 0 Å². The lowest BCUT2D eigenvalue weighted by Crippen LogP contribution is -2.45. The van der Waals surface area contributed by atoms with E-state index in [-0.39, 0.29) is 24.6 Å². The van der Waals surface area contributed by atoms with Crippen molar-refractivity contribution in [3.63, 3.8) is 0 Å². The zero-order valence-electron chi connectivity index (χ0n) is 21.7. The van der Waals surface area contributed by atoms with Gasteiger partial charge < -0.3 is 35.3 Å². The highest BCUT2D eigenvalue weighted by atomic mass is 19.4. The first-order valence-electron chi connectivity index (χ1n) is 12.3. The number of ether oxygens (including phenoxy) is 2. The molecule has 3 N–H and O–H groups in total. The molecule has 1 aromatic heterocycles. The molecule has 0 unspecified atom stereocenters. The van der Waals surface area contributed by atoms with Gasteiger partial charge in [0.15, 0.2) is 17.6 Å². The summed E-state index contributed by atoms with van der Waals surface area (Å²) in [5.74, 6) is -1.73. The summed E-state index contributed by atoms with van der Waals surface area (Å²) in [5, 5.41) is 11.7. The number of aromatic nitrogens is 2. The zero-order valence-corrected chi connectivity index (χ0v) is 21.7. The summed E-state index contributed by atoms with van der Waals surface area (Å²) in [4.78, 5) is 34.5. The Morgan fingerprint density at radius 2 is 1.82 bits per heavy atom. The van der Waals surface area contributed by atoms with Crippen molar-refractivity contribution >= 4 is 29.0 Å². The van der Waals surface area contributed by atoms with Crippen LogP contribution in [0, 0.1) is 0 Å². The van der Waals surface area contributed by atoms with Crippen LogP contribution in [0.2, 0.25) is 0 Å². The second-order valence-electron chi connectivity index (χ2n) is 8.32. The number of esters is 1. The molecule has 2 amide bonds. The number of piperidine rings is 1. The van der Waals surface area contributed by atoms with E-state index in [1.807, 2.05) is 30.0 Å². The van der Waals surface area contributed by atoms with Crippen LogP contribution >= 0.6 is 0 Å². The van der Waals surface area contributed by atoms with Gasteiger partial charge in [0.2, 0.25) is 0 Å². The highest BCUT2D eigenvalue weighted by Crippen LogP contribution is 2.30. The number of rotatable bonds is 8. The Morgan fingerprint density at radius 3 is 2.32 bits per heavy atom. The highest BCUT2D eigenvalue weighted by molar-refractivity contribution is 5.76. The number of hydrogen-bond acceptors (Lipinski definition) is 7. The summed E-state index contributed by atoms with van der Waals surface area (Å²) < 4.78 is 46.7. The van der Waals surface area contributed by atoms with Gasteiger partial charge in [-0.3, -0.25) is 0 Å². The first kappa shape index (κ1) is 30.7. The molecular formula is C24H34F3N5O6. The van der Waals surface area contributed by atoms with Gasteiger partial charge in [0.1, 0.15) is 17.8 Å². The maximum atomic E-state index is 12.2. The zero-order chi connectivity index (χ0) is 28.5. The molecule has 0 atom stereocenters. The van der Waals surface area contributed by atoms with E-state index in [9.17, 15) is 22.8 Å². The minimum Gasteiger partial charge on any atom is -0.542 e. The number of alkyl halides is 3. The average molecular weight is 546 g/mol. The number of carbonyl (C=O) groups excluding carboxylic acids is 3. The van der Waals surface area contributed by atoms with Gasteiger partial charge >= 0.3 is 18.2 Å². The molecule has 14 heteroatoms. The Kier molecular flexibility index (Phi) is 11.2. The Bertz CT molecular complexity index is 1110. The molecule has 212 valence electrons. The number of urea groups is 1. The van der Waals surface area contributed by atoms with Gasteiger partial charge in [-0.2, -0.15) is 13.2 Å². The Hall–Kier alpha value is -3.55. The molecule has 1 aromatic carbocycles. The van der Waals surface area contributed by atoms with Gasteiger partial charge in [0.05, 0.1) is 19.7 Å². The van der Waals surface area contributed by atoms with Crippen LogP contribution in [0.5, 0.6) is 5.75 Å². The number of aryl methyl sites for hydroxylation is 1. The van der Waals surface area contributed by atoms with Crippen molar-refractivity contribution in [2.24, 2.45) is 5.73 Å². The first-order valence-corrected chi connectivity index (χ1v) is 12.3. The first-order chi connectivity index (χ1) is 18.0. The molecular weight excluding hydrogens is 511 g/mol. The number of aliphatic carboxylic acids is 1. The molecule has 2 aromatic rings. The number of nitrogens with zero attached hydrogens (tertiary/aromatic N) is 3. The molecule has 1 saturated heterocycles. The fourth-order valence-electron chi connectivity index (χ4n) is 4.33. The molecule has 38 heavy (non-hydrogen) atoms. The fourth-order valence-corrected chi connectivity index (χ4v) is 4.33. The molecule has 0 bridgehead atoms. The van der Waals surface area contributed by atoms with Gasteiger partial charge in [-0.25, -0.2) is 18.7 Å². The number of carboxylic acid groups (broad SMARTS) is 1. The van der Waals surface area contributed by atoms with Crippen molar-refractivity contribution in [2.75, 3.05) is 32.8 Å². The molecule has 11 nitrogen and oxygen atoms in total. The number of benzene rings is 1. The molecule has 2 heterocycles. The van der Waals surface area contributed by atoms with E-state index >= 15 is 0 Å². The minimum absolute atomic E-state index is 0.00404. The van der Waals surface area contributed by atoms with E-state index in [0.717, 1.165) is 36.2 Å². The van der Waals surface area contributed by atoms with Crippen molar-refractivity contribution in [3.05, 3.63) is 24.0 Å². The normalized spacial score (nSPS) is 14.0. The van der Waals surface area contributed by atoms with Crippen molar-refractivity contribution in [3.8, 4) is 5.75 Å². The number of imidazole rings is 1. The van der Waals surface area contributed by atoms with Crippen molar-refractivity contribution in [2.45, 2.75) is 58.9 Å². The quantitative estimate of drug-likeness (QED) is 0.372. The molecule has 1 aliphatic rings. The monoisotopic (exact) mass is 545 g/mol. The summed E-state index contributed by atoms with van der Waals surface area (Å²) in [6.07, 6.45) is -3.49. The Labute approximate surface area is 218 Å². The highest BCUT2D eigenvalue weighted by Gasteiger charge is 2.33. The molecule has 0 radical (unpaired) electrons. The maximum Gasteiger partial charge on any atom is 0.430 e. The molecule has 0 spiro atoms. The summed E-state index contributed by atoms with van der Waals surface area (Å²) in [6, 6.07) is 6.08. The van der Waals surface area contributed by atoms with Gasteiger partial charge in [0.25, 0.3) is 5.82 Å². The number of halogens is 3. The largest absolute Gasteiger partial charge is 0.542 e. The van der Waals surface area contributed by atoms with E-state index in [1.54, 1.807) is 6.92 Å². The Morgan fingerprint density at radius 1 is 1.18 bits per heavy atom. The fraction of sp³-hybridized carbons (Fsp3) is 0.583. The van der Waals surface area contributed by atoms with Crippen molar-refractivity contribution < 1.29 is 46.7 Å². The summed E-state index contributed by atoms with van der Waals surface area (Å²) >= 11 is 0. The van der Waals surface area contributed by atoms with E-state index in [0.29, 0.717) is 38.5 Å². The lowest BCUT2D eigenvalue weighted by molar-refractivity contribution is -0.676. The number of amides is 2. The molecule has 3 rings (SSSR count). The van der Waals surface area contributed by atoms with Gasteiger partial charge in [-0.1, -0.05) is 0 Å². The molecule has 0 saturated carbocycles.